The largest absolute Gasteiger partial charge is 0.357 e. The maximum atomic E-state index is 13.1. The molecule has 3 amide bonds. The van der Waals surface area contributed by atoms with Crippen molar-refractivity contribution < 1.29 is 14.4 Å². The van der Waals surface area contributed by atoms with E-state index in [0.29, 0.717) is 13.0 Å². The molecule has 2 aliphatic rings. The predicted octanol–water partition coefficient (Wildman–Crippen LogP) is 0.163. The Labute approximate surface area is 168 Å². The van der Waals surface area contributed by atoms with Crippen LogP contribution in [0.1, 0.15) is 64.2 Å². The molecule has 1 aliphatic carbocycles. The van der Waals surface area contributed by atoms with Crippen molar-refractivity contribution in [3.05, 3.63) is 0 Å². The van der Waals surface area contributed by atoms with Crippen molar-refractivity contribution in [3.63, 3.8) is 0 Å². The Balaban J connectivity index is 2.02. The number of hydrogen-bond donors (Lipinski definition) is 5. The van der Waals surface area contributed by atoms with E-state index in [1.54, 1.807) is 7.05 Å². The Hall–Kier alpha value is -1.67. The van der Waals surface area contributed by atoms with Gasteiger partial charge in [0, 0.05) is 7.05 Å². The van der Waals surface area contributed by atoms with Crippen LogP contribution >= 0.6 is 0 Å². The molecule has 8 heteroatoms. The lowest BCUT2D eigenvalue weighted by molar-refractivity contribution is -0.134. The lowest BCUT2D eigenvalue weighted by Crippen LogP contribution is -2.58. The molecule has 8 nitrogen and oxygen atoms in total. The van der Waals surface area contributed by atoms with Crippen molar-refractivity contribution in [2.45, 2.75) is 82.3 Å². The smallest absolute Gasteiger partial charge is 0.243 e. The molecule has 6 N–H and O–H groups in total. The molecule has 1 saturated carbocycles. The first-order valence-corrected chi connectivity index (χ1v) is 10.8. The molecule has 2 rings (SSSR count). The van der Waals surface area contributed by atoms with Crippen LogP contribution in [0, 0.1) is 5.92 Å². The molecule has 0 aromatic carbocycles. The van der Waals surface area contributed by atoms with Crippen LogP contribution in [0.4, 0.5) is 0 Å². The lowest BCUT2D eigenvalue weighted by Gasteiger charge is -2.29. The summed E-state index contributed by atoms with van der Waals surface area (Å²) in [6, 6.07) is -1.41. The SMILES string of the molecule is CNC(=O)[C@@H](CCCCN)NC(=O)[C@H](NC(=O)[C@@H]1CCCCN1)C1CCCC1. The van der Waals surface area contributed by atoms with Crippen LogP contribution < -0.4 is 27.0 Å². The molecule has 2 fully saturated rings. The maximum absolute atomic E-state index is 13.1. The second-order valence-electron chi connectivity index (χ2n) is 7.99. The molecular formula is C20H37N5O3. The number of carbonyl (C=O) groups excluding carboxylic acids is 3. The Bertz CT molecular complexity index is 516. The Morgan fingerprint density at radius 2 is 1.71 bits per heavy atom. The van der Waals surface area contributed by atoms with E-state index in [9.17, 15) is 14.4 Å². The van der Waals surface area contributed by atoms with Gasteiger partial charge in [-0.2, -0.15) is 0 Å². The molecule has 0 aromatic heterocycles. The van der Waals surface area contributed by atoms with Crippen molar-refractivity contribution in [1.82, 2.24) is 21.3 Å². The van der Waals surface area contributed by atoms with E-state index < -0.39 is 12.1 Å². The van der Waals surface area contributed by atoms with Crippen LogP contribution in [0.2, 0.25) is 0 Å². The van der Waals surface area contributed by atoms with Gasteiger partial charge in [-0.25, -0.2) is 0 Å². The summed E-state index contributed by atoms with van der Waals surface area (Å²) in [5.41, 5.74) is 5.54. The number of nitrogens with two attached hydrogens (primary N) is 1. The third kappa shape index (κ3) is 6.74. The standard InChI is InChI=1S/C20H37N5O3/c1-22-18(26)16(11-4-6-12-21)24-20(28)17(14-8-2-3-9-14)25-19(27)15-10-5-7-13-23-15/h14-17,23H,2-13,21H2,1H3,(H,22,26)(H,24,28)(H,25,27)/t15-,16+,17+/m0/s1. The van der Waals surface area contributed by atoms with Crippen LogP contribution in [-0.4, -0.2) is 56.0 Å². The minimum Gasteiger partial charge on any atom is -0.357 e. The van der Waals surface area contributed by atoms with Gasteiger partial charge in [0.15, 0.2) is 0 Å². The highest BCUT2D eigenvalue weighted by Crippen LogP contribution is 2.28. The van der Waals surface area contributed by atoms with E-state index in [2.05, 4.69) is 21.3 Å². The monoisotopic (exact) mass is 395 g/mol. The quantitative estimate of drug-likeness (QED) is 0.337. The summed E-state index contributed by atoms with van der Waals surface area (Å²) in [6.45, 7) is 1.39. The summed E-state index contributed by atoms with van der Waals surface area (Å²) in [5, 5.41) is 11.7. The van der Waals surface area contributed by atoms with Gasteiger partial charge in [-0.3, -0.25) is 14.4 Å². The van der Waals surface area contributed by atoms with E-state index in [-0.39, 0.29) is 29.7 Å². The first-order chi connectivity index (χ1) is 13.6. The Morgan fingerprint density at radius 1 is 1.00 bits per heavy atom. The molecule has 160 valence electrons. The maximum Gasteiger partial charge on any atom is 0.243 e. The fourth-order valence-corrected chi connectivity index (χ4v) is 4.22. The fraction of sp³-hybridized carbons (Fsp3) is 0.850. The van der Waals surface area contributed by atoms with Crippen LogP contribution in [0.3, 0.4) is 0 Å². The zero-order valence-electron chi connectivity index (χ0n) is 17.1. The second-order valence-corrected chi connectivity index (χ2v) is 7.99. The van der Waals surface area contributed by atoms with Crippen LogP contribution in [0.15, 0.2) is 0 Å². The van der Waals surface area contributed by atoms with Crippen molar-refractivity contribution >= 4 is 17.7 Å². The van der Waals surface area contributed by atoms with Gasteiger partial charge in [0.25, 0.3) is 0 Å². The average molecular weight is 396 g/mol. The molecular weight excluding hydrogens is 358 g/mol. The van der Waals surface area contributed by atoms with Gasteiger partial charge in [-0.05, 0) is 64.0 Å². The minimum absolute atomic E-state index is 0.105. The van der Waals surface area contributed by atoms with E-state index in [0.717, 1.165) is 64.3 Å². The number of piperidine rings is 1. The highest BCUT2D eigenvalue weighted by molar-refractivity contribution is 5.93. The summed E-state index contributed by atoms with van der Waals surface area (Å²) in [6.07, 6.45) is 8.99. The average Bonchev–Trinajstić information content (AvgIpc) is 3.25. The normalized spacial score (nSPS) is 22.3. The zero-order chi connectivity index (χ0) is 20.4. The topological polar surface area (TPSA) is 125 Å². The number of carbonyl (C=O) groups is 3. The lowest BCUT2D eigenvalue weighted by atomic mass is 9.95. The van der Waals surface area contributed by atoms with Crippen molar-refractivity contribution in [1.29, 1.82) is 0 Å². The highest BCUT2D eigenvalue weighted by atomic mass is 16.2. The minimum atomic E-state index is -0.599. The van der Waals surface area contributed by atoms with Crippen molar-refractivity contribution in [2.24, 2.45) is 11.7 Å². The van der Waals surface area contributed by atoms with Crippen LogP contribution in [0.5, 0.6) is 0 Å². The van der Waals surface area contributed by atoms with E-state index in [1.165, 1.54) is 0 Å². The van der Waals surface area contributed by atoms with E-state index >= 15 is 0 Å². The Morgan fingerprint density at radius 3 is 2.32 bits per heavy atom. The molecule has 1 heterocycles. The van der Waals surface area contributed by atoms with Gasteiger partial charge in [0.1, 0.15) is 12.1 Å². The highest BCUT2D eigenvalue weighted by Gasteiger charge is 2.35. The summed E-state index contributed by atoms with van der Waals surface area (Å²) in [7, 11) is 1.56. The third-order valence-electron chi connectivity index (χ3n) is 5.90. The summed E-state index contributed by atoms with van der Waals surface area (Å²) >= 11 is 0. The first kappa shape index (κ1) is 22.6. The van der Waals surface area contributed by atoms with E-state index in [1.807, 2.05) is 0 Å². The van der Waals surface area contributed by atoms with Gasteiger partial charge in [0.05, 0.1) is 6.04 Å². The number of unbranched alkanes of at least 4 members (excludes halogenated alkanes) is 1. The van der Waals surface area contributed by atoms with Gasteiger partial charge in [-0.1, -0.05) is 19.3 Å². The van der Waals surface area contributed by atoms with Crippen molar-refractivity contribution in [3.8, 4) is 0 Å². The van der Waals surface area contributed by atoms with Gasteiger partial charge >= 0.3 is 0 Å². The van der Waals surface area contributed by atoms with E-state index in [4.69, 9.17) is 5.73 Å². The fourth-order valence-electron chi connectivity index (χ4n) is 4.22. The number of likely N-dealkylation sites (N-methyl/N-ethyl adjacent to an activating group) is 1. The van der Waals surface area contributed by atoms with Gasteiger partial charge in [0.2, 0.25) is 17.7 Å². The molecule has 0 radical (unpaired) electrons. The number of amides is 3. The molecule has 1 saturated heterocycles. The number of hydrogen-bond acceptors (Lipinski definition) is 5. The molecule has 0 bridgehead atoms. The molecule has 1 aliphatic heterocycles. The molecule has 0 spiro atoms. The van der Waals surface area contributed by atoms with Gasteiger partial charge in [-0.15, -0.1) is 0 Å². The summed E-state index contributed by atoms with van der Waals surface area (Å²) < 4.78 is 0. The second kappa shape index (κ2) is 12.0. The Kier molecular flexibility index (Phi) is 9.70. The van der Waals surface area contributed by atoms with Gasteiger partial charge < -0.3 is 27.0 Å². The molecule has 0 aromatic rings. The summed E-state index contributed by atoms with van der Waals surface area (Å²) in [5.74, 6) is -0.443. The molecule has 0 unspecified atom stereocenters. The van der Waals surface area contributed by atoms with Crippen molar-refractivity contribution in [2.75, 3.05) is 20.1 Å². The number of nitrogens with one attached hydrogen (secondary N) is 4. The van der Waals surface area contributed by atoms with Crippen LogP contribution in [-0.2, 0) is 14.4 Å². The third-order valence-corrected chi connectivity index (χ3v) is 5.90. The number of rotatable bonds is 10. The van der Waals surface area contributed by atoms with Crippen LogP contribution in [0.25, 0.3) is 0 Å². The molecule has 3 atom stereocenters. The zero-order valence-corrected chi connectivity index (χ0v) is 17.1. The molecule has 28 heavy (non-hydrogen) atoms. The summed E-state index contributed by atoms with van der Waals surface area (Å²) in [4.78, 5) is 38.0. The first-order valence-electron chi connectivity index (χ1n) is 10.8. The predicted molar refractivity (Wildman–Crippen MR) is 108 cm³/mol.